The number of nitrogens with zero attached hydrogens (tertiary/aromatic N) is 4. The predicted molar refractivity (Wildman–Crippen MR) is 70.7 cm³/mol. The third-order valence-electron chi connectivity index (χ3n) is 3.26. The van der Waals surface area contributed by atoms with Crippen molar-refractivity contribution in [3.63, 3.8) is 0 Å². The number of amides is 1. The monoisotopic (exact) mass is 314 g/mol. The van der Waals surface area contributed by atoms with Crippen LogP contribution in [-0.4, -0.2) is 30.3 Å². The summed E-state index contributed by atoms with van der Waals surface area (Å²) < 4.78 is 41.1. The maximum Gasteiger partial charge on any atom is 0.573 e. The number of alkyl halides is 3. The lowest BCUT2D eigenvalue weighted by Crippen LogP contribution is -2.26. The fourth-order valence-corrected chi connectivity index (χ4v) is 2.35. The van der Waals surface area contributed by atoms with Crippen molar-refractivity contribution < 1.29 is 22.7 Å². The smallest absolute Gasteiger partial charge is 0.405 e. The Morgan fingerprint density at radius 3 is 2.82 bits per heavy atom. The van der Waals surface area contributed by atoms with Crippen LogP contribution in [-0.2, 0) is 11.3 Å². The van der Waals surface area contributed by atoms with Gasteiger partial charge in [0.15, 0.2) is 0 Å². The highest BCUT2D eigenvalue weighted by Crippen LogP contribution is 2.29. The lowest BCUT2D eigenvalue weighted by atomic mass is 10.1. The molecule has 0 bridgehead atoms. The van der Waals surface area contributed by atoms with Gasteiger partial charge in [0, 0.05) is 36.5 Å². The summed E-state index contributed by atoms with van der Waals surface area (Å²) in [5, 5.41) is 3.42. The Morgan fingerprint density at radius 1 is 1.41 bits per heavy atom. The SMILES string of the molecule is [N-]=[N+]=NCC1CC(=O)N(Cc2ccccc2OC(F)(F)F)C1. The zero-order valence-electron chi connectivity index (χ0n) is 11.5. The van der Waals surface area contributed by atoms with Gasteiger partial charge in [-0.05, 0) is 17.5 Å². The molecule has 1 aliphatic heterocycles. The van der Waals surface area contributed by atoms with E-state index in [4.69, 9.17) is 5.53 Å². The van der Waals surface area contributed by atoms with E-state index < -0.39 is 6.36 Å². The largest absolute Gasteiger partial charge is 0.573 e. The number of hydrogen-bond donors (Lipinski definition) is 0. The Kier molecular flexibility index (Phi) is 4.77. The predicted octanol–water partition coefficient (Wildman–Crippen LogP) is 3.24. The average molecular weight is 314 g/mol. The van der Waals surface area contributed by atoms with E-state index >= 15 is 0 Å². The Hall–Kier alpha value is -2.41. The minimum absolute atomic E-state index is 0.0256. The number of hydrogen-bond acceptors (Lipinski definition) is 3. The van der Waals surface area contributed by atoms with Crippen molar-refractivity contribution in [3.05, 3.63) is 40.3 Å². The zero-order valence-corrected chi connectivity index (χ0v) is 11.5. The first-order valence-corrected chi connectivity index (χ1v) is 6.51. The summed E-state index contributed by atoms with van der Waals surface area (Å²) in [5.74, 6) is -0.611. The quantitative estimate of drug-likeness (QED) is 0.475. The van der Waals surface area contributed by atoms with Gasteiger partial charge in [-0.3, -0.25) is 4.79 Å². The molecule has 0 saturated carbocycles. The van der Waals surface area contributed by atoms with Crippen LogP contribution < -0.4 is 4.74 Å². The Labute approximate surface area is 124 Å². The standard InChI is InChI=1S/C13H13F3N4O2/c14-13(15,16)22-11-4-2-1-3-10(11)8-20-7-9(5-12(20)21)6-18-19-17/h1-4,9H,5-8H2. The minimum atomic E-state index is -4.78. The highest BCUT2D eigenvalue weighted by Gasteiger charge is 2.33. The number of ether oxygens (including phenoxy) is 1. The molecule has 1 heterocycles. The van der Waals surface area contributed by atoms with Crippen LogP contribution in [0.1, 0.15) is 12.0 Å². The number of azide groups is 1. The Morgan fingerprint density at radius 2 is 2.14 bits per heavy atom. The van der Waals surface area contributed by atoms with Crippen molar-refractivity contribution >= 4 is 5.91 Å². The molecular formula is C13H13F3N4O2. The fourth-order valence-electron chi connectivity index (χ4n) is 2.35. The van der Waals surface area contributed by atoms with E-state index in [1.165, 1.54) is 23.1 Å². The molecule has 1 saturated heterocycles. The van der Waals surface area contributed by atoms with Gasteiger partial charge in [-0.2, -0.15) is 0 Å². The summed E-state index contributed by atoms with van der Waals surface area (Å²) in [6.07, 6.45) is -4.56. The molecule has 1 atom stereocenters. The van der Waals surface area contributed by atoms with Crippen LogP contribution in [0.25, 0.3) is 10.4 Å². The molecule has 1 aromatic carbocycles. The van der Waals surface area contributed by atoms with Crippen LogP contribution in [0.3, 0.4) is 0 Å². The normalized spacial score (nSPS) is 18.2. The topological polar surface area (TPSA) is 78.3 Å². The molecule has 1 amide bonds. The summed E-state index contributed by atoms with van der Waals surface area (Å²) >= 11 is 0. The number of para-hydroxylation sites is 1. The molecule has 118 valence electrons. The second kappa shape index (κ2) is 6.57. The number of likely N-dealkylation sites (tertiary alicyclic amines) is 1. The minimum Gasteiger partial charge on any atom is -0.405 e. The van der Waals surface area contributed by atoms with Gasteiger partial charge in [0.2, 0.25) is 5.91 Å². The number of rotatable bonds is 5. The summed E-state index contributed by atoms with van der Waals surface area (Å²) in [6.45, 7) is 0.565. The number of benzene rings is 1. The van der Waals surface area contributed by atoms with Gasteiger partial charge in [0.1, 0.15) is 5.75 Å². The first kappa shape index (κ1) is 16.0. The van der Waals surface area contributed by atoms with Gasteiger partial charge >= 0.3 is 6.36 Å². The van der Waals surface area contributed by atoms with Gasteiger partial charge in [-0.25, -0.2) is 0 Å². The lowest BCUT2D eigenvalue weighted by Gasteiger charge is -2.19. The van der Waals surface area contributed by atoms with Crippen LogP contribution in [0, 0.1) is 5.92 Å². The average Bonchev–Trinajstić information content (AvgIpc) is 2.77. The van der Waals surface area contributed by atoms with E-state index in [0.717, 1.165) is 0 Å². The van der Waals surface area contributed by atoms with Gasteiger partial charge < -0.3 is 9.64 Å². The van der Waals surface area contributed by atoms with Gasteiger partial charge in [-0.15, -0.1) is 13.2 Å². The molecule has 0 aliphatic carbocycles. The molecule has 2 rings (SSSR count). The Balaban J connectivity index is 2.08. The van der Waals surface area contributed by atoms with Crippen LogP contribution in [0.15, 0.2) is 29.4 Å². The second-order valence-corrected chi connectivity index (χ2v) is 4.91. The van der Waals surface area contributed by atoms with E-state index in [9.17, 15) is 18.0 Å². The van der Waals surface area contributed by atoms with Crippen molar-refractivity contribution in [1.29, 1.82) is 0 Å². The van der Waals surface area contributed by atoms with E-state index in [2.05, 4.69) is 14.8 Å². The molecule has 1 aliphatic rings. The first-order chi connectivity index (χ1) is 10.4. The number of carbonyl (C=O) groups is 1. The summed E-state index contributed by atoms with van der Waals surface area (Å²) in [4.78, 5) is 16.0. The molecule has 22 heavy (non-hydrogen) atoms. The van der Waals surface area contributed by atoms with Crippen LogP contribution in [0.2, 0.25) is 0 Å². The van der Waals surface area contributed by atoms with Gasteiger partial charge in [0.25, 0.3) is 0 Å². The highest BCUT2D eigenvalue weighted by atomic mass is 19.4. The zero-order chi connectivity index (χ0) is 16.2. The Bertz CT molecular complexity index is 599. The van der Waals surface area contributed by atoms with E-state index in [0.29, 0.717) is 6.54 Å². The van der Waals surface area contributed by atoms with Crippen molar-refractivity contribution in [2.75, 3.05) is 13.1 Å². The van der Waals surface area contributed by atoms with E-state index in [1.807, 2.05) is 0 Å². The lowest BCUT2D eigenvalue weighted by molar-refractivity contribution is -0.275. The van der Waals surface area contributed by atoms with E-state index in [1.54, 1.807) is 6.07 Å². The van der Waals surface area contributed by atoms with Crippen LogP contribution >= 0.6 is 0 Å². The summed E-state index contributed by atoms with van der Waals surface area (Å²) in [5.41, 5.74) is 8.55. The van der Waals surface area contributed by atoms with Crippen LogP contribution in [0.5, 0.6) is 5.75 Å². The summed E-state index contributed by atoms with van der Waals surface area (Å²) in [7, 11) is 0. The molecule has 0 aromatic heterocycles. The highest BCUT2D eigenvalue weighted by molar-refractivity contribution is 5.78. The van der Waals surface area contributed by atoms with E-state index in [-0.39, 0.29) is 42.6 Å². The summed E-state index contributed by atoms with van der Waals surface area (Å²) in [6, 6.07) is 5.70. The first-order valence-electron chi connectivity index (χ1n) is 6.51. The van der Waals surface area contributed by atoms with Crippen molar-refractivity contribution in [2.24, 2.45) is 11.0 Å². The van der Waals surface area contributed by atoms with Crippen LogP contribution in [0.4, 0.5) is 13.2 Å². The molecule has 1 fully saturated rings. The third kappa shape index (κ3) is 4.29. The molecule has 0 spiro atoms. The number of carbonyl (C=O) groups excluding carboxylic acids is 1. The molecule has 6 nitrogen and oxygen atoms in total. The van der Waals surface area contributed by atoms with Gasteiger partial charge in [-0.1, -0.05) is 23.3 Å². The van der Waals surface area contributed by atoms with Crippen molar-refractivity contribution in [1.82, 2.24) is 4.90 Å². The molecule has 1 aromatic rings. The maximum atomic E-state index is 12.4. The molecule has 0 radical (unpaired) electrons. The molecule has 1 unspecified atom stereocenters. The maximum absolute atomic E-state index is 12.4. The third-order valence-corrected chi connectivity index (χ3v) is 3.26. The number of halogens is 3. The fraction of sp³-hybridized carbons (Fsp3) is 0.462. The molecule has 0 N–H and O–H groups in total. The van der Waals surface area contributed by atoms with Crippen molar-refractivity contribution in [2.45, 2.75) is 19.3 Å². The second-order valence-electron chi connectivity index (χ2n) is 4.91. The molecular weight excluding hydrogens is 301 g/mol. The molecule has 9 heteroatoms. The van der Waals surface area contributed by atoms with Crippen molar-refractivity contribution in [3.8, 4) is 5.75 Å². The van der Waals surface area contributed by atoms with Gasteiger partial charge in [0.05, 0.1) is 0 Å².